The van der Waals surface area contributed by atoms with Crippen LogP contribution in [0.1, 0.15) is 31.2 Å². The van der Waals surface area contributed by atoms with Gasteiger partial charge in [-0.15, -0.1) is 0 Å². The van der Waals surface area contributed by atoms with Crippen molar-refractivity contribution in [2.75, 3.05) is 20.8 Å². The summed E-state index contributed by atoms with van der Waals surface area (Å²) in [4.78, 5) is 6.73. The first-order valence-electron chi connectivity index (χ1n) is 9.83. The second-order valence-electron chi connectivity index (χ2n) is 7.66. The van der Waals surface area contributed by atoms with Gasteiger partial charge in [0.25, 0.3) is 0 Å². The third-order valence-electron chi connectivity index (χ3n) is 6.18. The highest BCUT2D eigenvalue weighted by Gasteiger charge is 2.51. The molecule has 2 heterocycles. The highest BCUT2D eigenvalue weighted by molar-refractivity contribution is 5.30. The molecule has 0 radical (unpaired) electrons. The van der Waals surface area contributed by atoms with E-state index in [1.54, 1.807) is 12.3 Å². The molecule has 0 amide bonds. The zero-order valence-corrected chi connectivity index (χ0v) is 16.4. The number of rotatable bonds is 6. The van der Waals surface area contributed by atoms with Crippen molar-refractivity contribution in [3.8, 4) is 11.6 Å². The van der Waals surface area contributed by atoms with Gasteiger partial charge in [0, 0.05) is 44.9 Å². The third-order valence-corrected chi connectivity index (χ3v) is 6.18. The number of aromatic nitrogens is 1. The quantitative estimate of drug-likeness (QED) is 0.755. The Kier molecular flexibility index (Phi) is 5.51. The van der Waals surface area contributed by atoms with Crippen LogP contribution in [0.3, 0.4) is 0 Å². The van der Waals surface area contributed by atoms with E-state index >= 15 is 0 Å². The molecule has 28 heavy (non-hydrogen) atoms. The van der Waals surface area contributed by atoms with Crippen molar-refractivity contribution in [1.82, 2.24) is 9.88 Å². The molecule has 6 heteroatoms. The standard InChI is InChI=1S/C22H27FN2O3/c1-26-19-13-16(6-7-18(19)23)15-25-12-10-22(27-2)9-8-17(14-20(22)25)28-21-5-3-4-11-24-21/h3-7,11,13,17,20H,8-10,12,14-15H2,1-2H3/t17-,20-,22+/m0/s1. The number of ether oxygens (including phenoxy) is 3. The smallest absolute Gasteiger partial charge is 0.213 e. The van der Waals surface area contributed by atoms with Crippen LogP contribution in [-0.4, -0.2) is 48.4 Å². The van der Waals surface area contributed by atoms with Crippen molar-refractivity contribution in [2.45, 2.75) is 50.0 Å². The Labute approximate surface area is 165 Å². The fraction of sp³-hybridized carbons (Fsp3) is 0.500. The molecule has 1 aliphatic carbocycles. The number of halogens is 1. The van der Waals surface area contributed by atoms with Gasteiger partial charge in [0.05, 0.1) is 12.7 Å². The maximum absolute atomic E-state index is 13.7. The van der Waals surface area contributed by atoms with Crippen LogP contribution in [-0.2, 0) is 11.3 Å². The van der Waals surface area contributed by atoms with Gasteiger partial charge in [0.15, 0.2) is 11.6 Å². The van der Waals surface area contributed by atoms with Crippen molar-refractivity contribution >= 4 is 0 Å². The molecule has 1 aliphatic heterocycles. The number of benzene rings is 1. The number of methoxy groups -OCH3 is 2. The van der Waals surface area contributed by atoms with Crippen molar-refractivity contribution in [2.24, 2.45) is 0 Å². The molecule has 0 bridgehead atoms. The number of hydrogen-bond donors (Lipinski definition) is 0. The van der Waals surface area contributed by atoms with E-state index in [1.807, 2.05) is 31.4 Å². The molecule has 2 aromatic rings. The SMILES string of the molecule is COc1cc(CN2CC[C@]3(OC)CC[C@H](Oc4ccccn4)C[C@H]23)ccc1F. The molecular weight excluding hydrogens is 359 g/mol. The van der Waals surface area contributed by atoms with Gasteiger partial charge in [-0.05, 0) is 43.0 Å². The van der Waals surface area contributed by atoms with E-state index in [0.717, 1.165) is 44.3 Å². The fourth-order valence-electron chi connectivity index (χ4n) is 4.68. The molecule has 1 saturated heterocycles. The summed E-state index contributed by atoms with van der Waals surface area (Å²) in [6, 6.07) is 11.1. The Hall–Kier alpha value is -2.18. The molecule has 4 rings (SSSR count). The Bertz CT molecular complexity index is 804. The minimum atomic E-state index is -0.333. The summed E-state index contributed by atoms with van der Waals surface area (Å²) < 4.78 is 31.1. The minimum Gasteiger partial charge on any atom is -0.494 e. The third kappa shape index (κ3) is 3.71. The zero-order valence-electron chi connectivity index (χ0n) is 16.4. The first-order chi connectivity index (χ1) is 13.6. The van der Waals surface area contributed by atoms with Gasteiger partial charge in [-0.3, -0.25) is 4.90 Å². The van der Waals surface area contributed by atoms with E-state index in [1.165, 1.54) is 13.2 Å². The van der Waals surface area contributed by atoms with Crippen molar-refractivity contribution in [3.63, 3.8) is 0 Å². The van der Waals surface area contributed by atoms with Crippen LogP contribution in [0.5, 0.6) is 11.6 Å². The molecule has 5 nitrogen and oxygen atoms in total. The summed E-state index contributed by atoms with van der Waals surface area (Å²) in [6.07, 6.45) is 5.69. The van der Waals surface area contributed by atoms with Gasteiger partial charge >= 0.3 is 0 Å². The second-order valence-corrected chi connectivity index (χ2v) is 7.66. The van der Waals surface area contributed by atoms with Crippen LogP contribution < -0.4 is 9.47 Å². The lowest BCUT2D eigenvalue weighted by Gasteiger charge is -2.43. The lowest BCUT2D eigenvalue weighted by atomic mass is 9.79. The number of pyridine rings is 1. The Morgan fingerprint density at radius 2 is 2.11 bits per heavy atom. The predicted molar refractivity (Wildman–Crippen MR) is 104 cm³/mol. The van der Waals surface area contributed by atoms with Gasteiger partial charge in [-0.1, -0.05) is 12.1 Å². The molecule has 0 spiro atoms. The highest BCUT2D eigenvalue weighted by Crippen LogP contribution is 2.43. The molecule has 1 saturated carbocycles. The van der Waals surface area contributed by atoms with Gasteiger partial charge in [0.1, 0.15) is 6.10 Å². The van der Waals surface area contributed by atoms with Crippen LogP contribution in [0.4, 0.5) is 4.39 Å². The predicted octanol–water partition coefficient (Wildman–Crippen LogP) is 3.82. The molecule has 1 aromatic heterocycles. The molecule has 0 unspecified atom stereocenters. The lowest BCUT2D eigenvalue weighted by Crippen LogP contribution is -2.52. The fourth-order valence-corrected chi connectivity index (χ4v) is 4.68. The second kappa shape index (κ2) is 8.05. The Balaban J connectivity index is 1.49. The zero-order chi connectivity index (χ0) is 19.6. The van der Waals surface area contributed by atoms with Crippen molar-refractivity contribution in [1.29, 1.82) is 0 Å². The van der Waals surface area contributed by atoms with Gasteiger partial charge in [-0.2, -0.15) is 0 Å². The first-order valence-corrected chi connectivity index (χ1v) is 9.83. The van der Waals surface area contributed by atoms with Crippen LogP contribution in [0, 0.1) is 5.82 Å². The summed E-state index contributed by atoms with van der Waals surface area (Å²) in [5.74, 6) is 0.625. The van der Waals surface area contributed by atoms with Gasteiger partial charge in [-0.25, -0.2) is 9.37 Å². The molecule has 2 aliphatic rings. The minimum absolute atomic E-state index is 0.117. The highest BCUT2D eigenvalue weighted by atomic mass is 19.1. The van der Waals surface area contributed by atoms with Gasteiger partial charge < -0.3 is 14.2 Å². The van der Waals surface area contributed by atoms with Crippen LogP contribution in [0.2, 0.25) is 0 Å². The summed E-state index contributed by atoms with van der Waals surface area (Å²) in [5.41, 5.74) is 0.909. The summed E-state index contributed by atoms with van der Waals surface area (Å²) in [5, 5.41) is 0. The Morgan fingerprint density at radius 3 is 2.86 bits per heavy atom. The maximum Gasteiger partial charge on any atom is 0.213 e. The normalized spacial score (nSPS) is 27.4. The molecule has 3 atom stereocenters. The monoisotopic (exact) mass is 386 g/mol. The molecular formula is C22H27FN2O3. The topological polar surface area (TPSA) is 43.8 Å². The van der Waals surface area contributed by atoms with Crippen LogP contribution in [0.25, 0.3) is 0 Å². The van der Waals surface area contributed by atoms with E-state index in [4.69, 9.17) is 14.2 Å². The largest absolute Gasteiger partial charge is 0.494 e. The summed E-state index contributed by atoms with van der Waals surface area (Å²) in [7, 11) is 3.31. The number of likely N-dealkylation sites (tertiary alicyclic amines) is 1. The molecule has 150 valence electrons. The number of fused-ring (bicyclic) bond motifs is 1. The first kappa shape index (κ1) is 19.2. The molecule has 1 aromatic carbocycles. The molecule has 0 N–H and O–H groups in total. The van der Waals surface area contributed by atoms with Crippen molar-refractivity contribution in [3.05, 3.63) is 54.0 Å². The van der Waals surface area contributed by atoms with E-state index < -0.39 is 0 Å². The van der Waals surface area contributed by atoms with Crippen LogP contribution >= 0.6 is 0 Å². The Morgan fingerprint density at radius 1 is 1.21 bits per heavy atom. The van der Waals surface area contributed by atoms with E-state index in [0.29, 0.717) is 5.88 Å². The van der Waals surface area contributed by atoms with E-state index in [-0.39, 0.29) is 29.3 Å². The average Bonchev–Trinajstić information content (AvgIpc) is 3.08. The number of nitrogens with zero attached hydrogens (tertiary/aromatic N) is 2. The number of hydrogen-bond acceptors (Lipinski definition) is 5. The summed E-state index contributed by atoms with van der Waals surface area (Å²) in [6.45, 7) is 1.69. The van der Waals surface area contributed by atoms with Crippen LogP contribution in [0.15, 0.2) is 42.6 Å². The van der Waals surface area contributed by atoms with Gasteiger partial charge in [0.2, 0.25) is 5.88 Å². The van der Waals surface area contributed by atoms with E-state index in [9.17, 15) is 4.39 Å². The van der Waals surface area contributed by atoms with E-state index in [2.05, 4.69) is 9.88 Å². The average molecular weight is 386 g/mol. The summed E-state index contributed by atoms with van der Waals surface area (Å²) >= 11 is 0. The maximum atomic E-state index is 13.7. The molecule has 2 fully saturated rings. The van der Waals surface area contributed by atoms with Crippen molar-refractivity contribution < 1.29 is 18.6 Å². The lowest BCUT2D eigenvalue weighted by molar-refractivity contribution is -0.0843.